The van der Waals surface area contributed by atoms with E-state index in [0.717, 1.165) is 51.6 Å². The maximum Gasteiger partial charge on any atom is 0.254 e. The second-order valence-corrected chi connectivity index (χ2v) is 6.53. The van der Waals surface area contributed by atoms with Crippen LogP contribution in [0.1, 0.15) is 36.0 Å². The molecule has 0 saturated carbocycles. The summed E-state index contributed by atoms with van der Waals surface area (Å²) in [6.45, 7) is 5.06. The number of amides is 1. The molecule has 22 heavy (non-hydrogen) atoms. The van der Waals surface area contributed by atoms with Crippen molar-refractivity contribution in [3.63, 3.8) is 0 Å². The molecule has 2 aliphatic heterocycles. The summed E-state index contributed by atoms with van der Waals surface area (Å²) in [5.74, 6) is 0.743. The van der Waals surface area contributed by atoms with Gasteiger partial charge in [-0.1, -0.05) is 0 Å². The Kier molecular flexibility index (Phi) is 5.10. The highest BCUT2D eigenvalue weighted by atomic mass is 16.5. The molecule has 0 radical (unpaired) electrons. The van der Waals surface area contributed by atoms with Gasteiger partial charge in [0.2, 0.25) is 0 Å². The molecule has 0 aromatic carbocycles. The van der Waals surface area contributed by atoms with Crippen LogP contribution in [0.2, 0.25) is 0 Å². The minimum Gasteiger partial charge on any atom is -0.381 e. The van der Waals surface area contributed by atoms with Crippen LogP contribution in [-0.4, -0.2) is 59.5 Å². The molecule has 2 fully saturated rings. The number of aryl methyl sites for hydroxylation is 1. The van der Waals surface area contributed by atoms with Crippen LogP contribution in [0, 0.1) is 5.92 Å². The van der Waals surface area contributed by atoms with Crippen molar-refractivity contribution >= 4 is 5.91 Å². The van der Waals surface area contributed by atoms with E-state index in [-0.39, 0.29) is 11.9 Å². The van der Waals surface area contributed by atoms with E-state index in [2.05, 4.69) is 15.3 Å². The van der Waals surface area contributed by atoms with E-state index in [4.69, 9.17) is 4.74 Å². The summed E-state index contributed by atoms with van der Waals surface area (Å²) in [4.78, 5) is 14.7. The summed E-state index contributed by atoms with van der Waals surface area (Å²) in [7, 11) is 1.83. The van der Waals surface area contributed by atoms with Gasteiger partial charge in [0.1, 0.15) is 0 Å². The molecule has 0 spiro atoms. The zero-order valence-electron chi connectivity index (χ0n) is 13.3. The Morgan fingerprint density at radius 1 is 1.41 bits per heavy atom. The average molecular weight is 306 g/mol. The Balaban J connectivity index is 1.48. The van der Waals surface area contributed by atoms with Crippen molar-refractivity contribution in [2.75, 3.05) is 32.8 Å². The third-order valence-corrected chi connectivity index (χ3v) is 4.67. The second-order valence-electron chi connectivity index (χ2n) is 6.53. The third-order valence-electron chi connectivity index (χ3n) is 4.67. The van der Waals surface area contributed by atoms with Crippen molar-refractivity contribution in [2.24, 2.45) is 13.0 Å². The number of hydrogen-bond donors (Lipinski definition) is 1. The quantitative estimate of drug-likeness (QED) is 0.903. The van der Waals surface area contributed by atoms with E-state index in [9.17, 15) is 4.79 Å². The number of nitrogens with zero attached hydrogens (tertiary/aromatic N) is 3. The number of aromatic nitrogens is 2. The molecule has 1 unspecified atom stereocenters. The van der Waals surface area contributed by atoms with Crippen LogP contribution >= 0.6 is 0 Å². The fourth-order valence-electron chi connectivity index (χ4n) is 3.44. The molecule has 1 N–H and O–H groups in total. The highest BCUT2D eigenvalue weighted by Gasteiger charge is 2.25. The van der Waals surface area contributed by atoms with Gasteiger partial charge in [0.05, 0.1) is 11.8 Å². The van der Waals surface area contributed by atoms with Gasteiger partial charge in [0, 0.05) is 45.6 Å². The second kappa shape index (κ2) is 7.24. The van der Waals surface area contributed by atoms with Crippen molar-refractivity contribution in [3.05, 3.63) is 18.0 Å². The Hall–Kier alpha value is -1.40. The first-order chi connectivity index (χ1) is 10.7. The van der Waals surface area contributed by atoms with Gasteiger partial charge in [-0.3, -0.25) is 9.48 Å². The van der Waals surface area contributed by atoms with Gasteiger partial charge in [-0.05, 0) is 38.1 Å². The first kappa shape index (κ1) is 15.5. The van der Waals surface area contributed by atoms with Gasteiger partial charge in [-0.2, -0.15) is 5.10 Å². The first-order valence-electron chi connectivity index (χ1n) is 8.30. The van der Waals surface area contributed by atoms with Crippen LogP contribution in [0.4, 0.5) is 0 Å². The summed E-state index contributed by atoms with van der Waals surface area (Å²) < 4.78 is 7.09. The number of rotatable bonds is 4. The van der Waals surface area contributed by atoms with Crippen LogP contribution in [0.15, 0.2) is 12.4 Å². The summed E-state index contributed by atoms with van der Waals surface area (Å²) in [5, 5.41) is 7.21. The van der Waals surface area contributed by atoms with Crippen LogP contribution in [0.25, 0.3) is 0 Å². The summed E-state index contributed by atoms with van der Waals surface area (Å²) >= 11 is 0. The maximum absolute atomic E-state index is 12.2. The van der Waals surface area contributed by atoms with Crippen molar-refractivity contribution in [2.45, 2.75) is 31.7 Å². The molecular formula is C16H26N4O2. The summed E-state index contributed by atoms with van der Waals surface area (Å²) in [5.41, 5.74) is 0.643. The molecule has 2 aliphatic rings. The molecule has 1 aromatic rings. The molecule has 2 saturated heterocycles. The largest absolute Gasteiger partial charge is 0.381 e. The van der Waals surface area contributed by atoms with Gasteiger partial charge in [-0.15, -0.1) is 0 Å². The highest BCUT2D eigenvalue weighted by molar-refractivity contribution is 5.93. The lowest BCUT2D eigenvalue weighted by Crippen LogP contribution is -2.49. The Bertz CT molecular complexity index is 496. The minimum atomic E-state index is -0.00832. The van der Waals surface area contributed by atoms with E-state index in [1.54, 1.807) is 17.1 Å². The van der Waals surface area contributed by atoms with Crippen molar-refractivity contribution in [3.8, 4) is 0 Å². The summed E-state index contributed by atoms with van der Waals surface area (Å²) in [6, 6.07) is 0.251. The highest BCUT2D eigenvalue weighted by Crippen LogP contribution is 2.19. The molecule has 1 atom stereocenters. The van der Waals surface area contributed by atoms with E-state index < -0.39 is 0 Å². The zero-order chi connectivity index (χ0) is 15.4. The van der Waals surface area contributed by atoms with Gasteiger partial charge < -0.3 is 15.0 Å². The van der Waals surface area contributed by atoms with Crippen LogP contribution in [0.3, 0.4) is 0 Å². The van der Waals surface area contributed by atoms with Crippen molar-refractivity contribution in [1.29, 1.82) is 0 Å². The normalized spacial score (nSPS) is 24.3. The molecule has 3 heterocycles. The van der Waals surface area contributed by atoms with E-state index in [0.29, 0.717) is 5.56 Å². The molecule has 122 valence electrons. The number of hydrogen-bond acceptors (Lipinski definition) is 4. The number of nitrogens with one attached hydrogen (secondary N) is 1. The minimum absolute atomic E-state index is 0.00832. The number of likely N-dealkylation sites (tertiary alicyclic amines) is 1. The predicted octanol–water partition coefficient (Wildman–Crippen LogP) is 1.04. The molecule has 6 heteroatoms. The third kappa shape index (κ3) is 4.08. The Morgan fingerprint density at radius 2 is 2.23 bits per heavy atom. The number of ether oxygens (including phenoxy) is 1. The van der Waals surface area contributed by atoms with E-state index in [1.807, 2.05) is 7.05 Å². The first-order valence-corrected chi connectivity index (χ1v) is 8.30. The van der Waals surface area contributed by atoms with E-state index in [1.165, 1.54) is 12.8 Å². The topological polar surface area (TPSA) is 59.4 Å². The van der Waals surface area contributed by atoms with Gasteiger partial charge in [-0.25, -0.2) is 0 Å². The average Bonchev–Trinajstić information content (AvgIpc) is 2.95. The molecule has 6 nitrogen and oxygen atoms in total. The van der Waals surface area contributed by atoms with Gasteiger partial charge in [0.25, 0.3) is 5.91 Å². The van der Waals surface area contributed by atoms with Crippen LogP contribution in [-0.2, 0) is 11.8 Å². The Morgan fingerprint density at radius 3 is 2.95 bits per heavy atom. The van der Waals surface area contributed by atoms with Gasteiger partial charge in [0.15, 0.2) is 0 Å². The molecular weight excluding hydrogens is 280 g/mol. The fraction of sp³-hybridized carbons (Fsp3) is 0.750. The lowest BCUT2D eigenvalue weighted by atomic mass is 9.97. The number of piperidine rings is 1. The fourth-order valence-corrected chi connectivity index (χ4v) is 3.44. The van der Waals surface area contributed by atoms with Gasteiger partial charge >= 0.3 is 0 Å². The molecule has 0 aliphatic carbocycles. The molecule has 3 rings (SSSR count). The van der Waals surface area contributed by atoms with Crippen LogP contribution in [0.5, 0.6) is 0 Å². The predicted molar refractivity (Wildman–Crippen MR) is 83.7 cm³/mol. The number of carbonyl (C=O) groups is 1. The van der Waals surface area contributed by atoms with E-state index >= 15 is 0 Å². The molecule has 1 amide bonds. The summed E-state index contributed by atoms with van der Waals surface area (Å²) in [6.07, 6.45) is 7.94. The lowest BCUT2D eigenvalue weighted by Gasteiger charge is -2.36. The standard InChI is InChI=1S/C16H26N4O2/c1-19-11-14(9-17-19)16(21)18-15-3-2-6-20(12-15)10-13-4-7-22-8-5-13/h9,11,13,15H,2-8,10,12H2,1H3,(H,18,21). The lowest BCUT2D eigenvalue weighted by molar-refractivity contribution is 0.0469. The van der Waals surface area contributed by atoms with Crippen molar-refractivity contribution in [1.82, 2.24) is 20.0 Å². The van der Waals surface area contributed by atoms with Crippen LogP contribution < -0.4 is 5.32 Å². The SMILES string of the molecule is Cn1cc(C(=O)NC2CCCN(CC3CCOCC3)C2)cn1. The zero-order valence-corrected chi connectivity index (χ0v) is 13.3. The monoisotopic (exact) mass is 306 g/mol. The number of carbonyl (C=O) groups excluding carboxylic acids is 1. The van der Waals surface area contributed by atoms with Crippen molar-refractivity contribution < 1.29 is 9.53 Å². The molecule has 1 aromatic heterocycles. The maximum atomic E-state index is 12.2. The smallest absolute Gasteiger partial charge is 0.254 e. The molecule has 0 bridgehead atoms. The Labute approximate surface area is 131 Å².